The molecule has 1 atom stereocenters. The van der Waals surface area contributed by atoms with E-state index in [2.05, 4.69) is 20.1 Å². The van der Waals surface area contributed by atoms with E-state index >= 15 is 0 Å². The number of methoxy groups -OCH3 is 1. The number of aliphatic hydroxyl groups is 1. The van der Waals surface area contributed by atoms with Gasteiger partial charge in [0.1, 0.15) is 10.6 Å². The predicted octanol–water partition coefficient (Wildman–Crippen LogP) is 4.52. The Kier molecular flexibility index (Phi) is 7.60. The number of primary sulfonamides is 1. The monoisotopic (exact) mass is 632 g/mol. The Hall–Kier alpha value is -3.36. The molecule has 3 aliphatic rings. The van der Waals surface area contributed by atoms with Crippen LogP contribution in [0.15, 0.2) is 34.7 Å². The number of nitrogens with zero attached hydrogens (tertiary/aromatic N) is 5. The van der Waals surface area contributed by atoms with Crippen molar-refractivity contribution in [2.24, 2.45) is 10.6 Å². The quantitative estimate of drug-likeness (QED) is 0.363. The van der Waals surface area contributed by atoms with Crippen LogP contribution in [-0.4, -0.2) is 72.7 Å². The van der Waals surface area contributed by atoms with Crippen LogP contribution in [-0.2, 0) is 10.0 Å². The Morgan fingerprint density at radius 3 is 2.23 bits per heavy atom. The molecule has 0 amide bonds. The zero-order valence-electron chi connectivity index (χ0n) is 25.1. The number of sulfonamides is 1. The molecule has 44 heavy (non-hydrogen) atoms. The number of aliphatic hydroxyl groups excluding tert-OH is 1. The first-order chi connectivity index (χ1) is 20.7. The molecule has 11 nitrogen and oxygen atoms in total. The third-order valence-electron chi connectivity index (χ3n) is 9.57. The summed E-state index contributed by atoms with van der Waals surface area (Å²) in [6, 6.07) is 8.54. The maximum Gasteiger partial charge on any atom is 0.251 e. The summed E-state index contributed by atoms with van der Waals surface area (Å²) in [7, 11) is -2.59. The number of anilines is 2. The molecule has 4 heterocycles. The molecule has 1 spiro atoms. The standard InChI is InChI=1S/C30H38F2N6O5S/c1-28(2,44(33,40)41)25(39)19-4-5-21(22(16-19)37-12-8-29(6-7-29)9-13-37)27-36-35-26(43-27)20-17-23(34-24(18-20)42-3)38-14-10-30(31,32)11-15-38/h4-5,16-18,25,39H,6-15H2,1-3H3,(H2,33,40,41). The number of hydrogen-bond donors (Lipinski definition) is 2. The number of pyridine rings is 1. The molecule has 14 heteroatoms. The van der Waals surface area contributed by atoms with E-state index < -0.39 is 26.8 Å². The van der Waals surface area contributed by atoms with E-state index in [1.165, 1.54) is 33.8 Å². The molecule has 1 aliphatic carbocycles. The van der Waals surface area contributed by atoms with Crippen LogP contribution in [0.1, 0.15) is 64.0 Å². The SMILES string of the molecule is COc1cc(-c2nnc(-c3ccc(C(O)C(C)(C)S(N)(=O)=O)cc3N3CCC4(CC3)CC4)o2)cc(N2CCC(F)(F)CC2)n1. The fraction of sp³-hybridized carbons (Fsp3) is 0.567. The number of aromatic nitrogens is 3. The maximum absolute atomic E-state index is 13.8. The summed E-state index contributed by atoms with van der Waals surface area (Å²) in [5.74, 6) is -1.49. The molecule has 1 aromatic carbocycles. The van der Waals surface area contributed by atoms with Gasteiger partial charge in [-0.25, -0.2) is 22.3 Å². The Bertz CT molecular complexity index is 1640. The van der Waals surface area contributed by atoms with Gasteiger partial charge in [0.15, 0.2) is 0 Å². The summed E-state index contributed by atoms with van der Waals surface area (Å²) in [6.07, 6.45) is 2.66. The Balaban J connectivity index is 1.35. The van der Waals surface area contributed by atoms with Gasteiger partial charge in [-0.1, -0.05) is 6.07 Å². The molecular formula is C30H38F2N6O5S. The summed E-state index contributed by atoms with van der Waals surface area (Å²) in [4.78, 5) is 8.45. The topological polar surface area (TPSA) is 148 Å². The van der Waals surface area contributed by atoms with E-state index in [1.807, 2.05) is 0 Å². The Morgan fingerprint density at radius 2 is 1.61 bits per heavy atom. The van der Waals surface area contributed by atoms with Gasteiger partial charge in [-0.05, 0) is 68.7 Å². The number of nitrogens with two attached hydrogens (primary N) is 1. The smallest absolute Gasteiger partial charge is 0.251 e. The van der Waals surface area contributed by atoms with Crippen molar-refractivity contribution in [3.8, 4) is 28.8 Å². The van der Waals surface area contributed by atoms with Crippen LogP contribution in [0.3, 0.4) is 0 Å². The fourth-order valence-electron chi connectivity index (χ4n) is 6.01. The van der Waals surface area contributed by atoms with Gasteiger partial charge in [0.25, 0.3) is 5.92 Å². The van der Waals surface area contributed by atoms with Crippen molar-refractivity contribution in [1.82, 2.24) is 15.2 Å². The normalized spacial score (nSPS) is 20.5. The number of alkyl halides is 2. The lowest BCUT2D eigenvalue weighted by atomic mass is 9.91. The van der Waals surface area contributed by atoms with E-state index in [0.29, 0.717) is 27.9 Å². The second-order valence-corrected chi connectivity index (χ2v) is 15.0. The highest BCUT2D eigenvalue weighted by atomic mass is 32.2. The minimum atomic E-state index is -4.07. The van der Waals surface area contributed by atoms with Gasteiger partial charge in [0, 0.05) is 56.3 Å². The molecule has 3 fully saturated rings. The lowest BCUT2D eigenvalue weighted by Gasteiger charge is -2.35. The van der Waals surface area contributed by atoms with Crippen molar-refractivity contribution in [3.63, 3.8) is 0 Å². The van der Waals surface area contributed by atoms with Crippen LogP contribution in [0.5, 0.6) is 5.88 Å². The van der Waals surface area contributed by atoms with E-state index in [9.17, 15) is 22.3 Å². The third kappa shape index (κ3) is 5.86. The van der Waals surface area contributed by atoms with Gasteiger partial charge in [-0.15, -0.1) is 10.2 Å². The summed E-state index contributed by atoms with van der Waals surface area (Å²) in [5, 5.41) is 25.2. The van der Waals surface area contributed by atoms with Crippen molar-refractivity contribution in [1.29, 1.82) is 0 Å². The average molecular weight is 633 g/mol. The van der Waals surface area contributed by atoms with Crippen LogP contribution >= 0.6 is 0 Å². The van der Waals surface area contributed by atoms with E-state index in [-0.39, 0.29) is 43.6 Å². The second-order valence-electron chi connectivity index (χ2n) is 12.8. The van der Waals surface area contributed by atoms with Crippen molar-refractivity contribution >= 4 is 21.5 Å². The van der Waals surface area contributed by atoms with Crippen molar-refractivity contribution in [3.05, 3.63) is 35.9 Å². The molecule has 3 aromatic rings. The first-order valence-electron chi connectivity index (χ1n) is 14.8. The molecule has 3 N–H and O–H groups in total. The van der Waals surface area contributed by atoms with Crippen molar-refractivity contribution < 1.29 is 31.5 Å². The number of rotatable bonds is 8. The van der Waals surface area contributed by atoms with E-state index in [4.69, 9.17) is 14.3 Å². The van der Waals surface area contributed by atoms with Gasteiger partial charge >= 0.3 is 0 Å². The van der Waals surface area contributed by atoms with Gasteiger partial charge in [0.2, 0.25) is 27.7 Å². The summed E-state index contributed by atoms with van der Waals surface area (Å²) < 4.78 is 62.1. The highest BCUT2D eigenvalue weighted by Crippen LogP contribution is 2.54. The average Bonchev–Trinajstić information content (AvgIpc) is 3.55. The van der Waals surface area contributed by atoms with Gasteiger partial charge < -0.3 is 24.1 Å². The zero-order valence-corrected chi connectivity index (χ0v) is 25.9. The van der Waals surface area contributed by atoms with Crippen LogP contribution in [0.2, 0.25) is 0 Å². The number of hydrogen-bond acceptors (Lipinski definition) is 10. The van der Waals surface area contributed by atoms with Gasteiger partial charge in [-0.2, -0.15) is 4.98 Å². The molecule has 238 valence electrons. The molecule has 2 saturated heterocycles. The third-order valence-corrected chi connectivity index (χ3v) is 11.3. The number of ether oxygens (including phenoxy) is 1. The number of halogens is 2. The Morgan fingerprint density at radius 1 is 0.977 bits per heavy atom. The van der Waals surface area contributed by atoms with Crippen LogP contribution in [0.25, 0.3) is 22.9 Å². The van der Waals surface area contributed by atoms with Gasteiger partial charge in [0.05, 0.1) is 18.8 Å². The molecule has 1 unspecified atom stereocenters. The molecule has 2 aliphatic heterocycles. The molecule has 6 rings (SSSR count). The molecule has 1 saturated carbocycles. The van der Waals surface area contributed by atoms with E-state index in [0.717, 1.165) is 31.6 Å². The molecule has 0 radical (unpaired) electrons. The lowest BCUT2D eigenvalue weighted by molar-refractivity contribution is -0.0221. The zero-order chi connectivity index (χ0) is 31.5. The first kappa shape index (κ1) is 30.7. The second kappa shape index (κ2) is 10.9. The van der Waals surface area contributed by atoms with E-state index in [1.54, 1.807) is 35.2 Å². The van der Waals surface area contributed by atoms with Crippen molar-refractivity contribution in [2.75, 3.05) is 43.1 Å². The largest absolute Gasteiger partial charge is 0.481 e. The number of benzene rings is 1. The fourth-order valence-corrected chi connectivity index (χ4v) is 6.46. The number of piperidine rings is 2. The minimum Gasteiger partial charge on any atom is -0.481 e. The minimum absolute atomic E-state index is 0.155. The first-order valence-corrected chi connectivity index (χ1v) is 16.4. The lowest BCUT2D eigenvalue weighted by Crippen LogP contribution is -2.43. The van der Waals surface area contributed by atoms with Crippen LogP contribution < -0.4 is 19.7 Å². The molecule has 0 bridgehead atoms. The Labute approximate surface area is 255 Å². The van der Waals surface area contributed by atoms with Crippen LogP contribution in [0, 0.1) is 5.41 Å². The highest BCUT2D eigenvalue weighted by molar-refractivity contribution is 7.90. The van der Waals surface area contributed by atoms with Crippen molar-refractivity contribution in [2.45, 2.75) is 69.1 Å². The van der Waals surface area contributed by atoms with Gasteiger partial charge in [-0.3, -0.25) is 0 Å². The molecular weight excluding hydrogens is 594 g/mol. The molecule has 2 aromatic heterocycles. The summed E-state index contributed by atoms with van der Waals surface area (Å²) >= 11 is 0. The maximum atomic E-state index is 13.8. The summed E-state index contributed by atoms with van der Waals surface area (Å²) in [6.45, 7) is 4.70. The highest BCUT2D eigenvalue weighted by Gasteiger charge is 2.45. The predicted molar refractivity (Wildman–Crippen MR) is 161 cm³/mol. The van der Waals surface area contributed by atoms with Crippen LogP contribution in [0.4, 0.5) is 20.3 Å². The summed E-state index contributed by atoms with van der Waals surface area (Å²) in [5.41, 5.74) is 2.74.